The van der Waals surface area contributed by atoms with Crippen LogP contribution >= 0.6 is 0 Å². The number of nitrogens with zero attached hydrogens (tertiary/aromatic N) is 1. The first kappa shape index (κ1) is 15.5. The van der Waals surface area contributed by atoms with Gasteiger partial charge >= 0.3 is 5.97 Å². The van der Waals surface area contributed by atoms with Crippen molar-refractivity contribution in [2.24, 2.45) is 11.8 Å². The molecule has 0 aromatic heterocycles. The van der Waals surface area contributed by atoms with Gasteiger partial charge in [0.15, 0.2) is 0 Å². The highest BCUT2D eigenvalue weighted by Crippen LogP contribution is 2.31. The Kier molecular flexibility index (Phi) is 4.99. The number of aryl methyl sites for hydroxylation is 1. The molecule has 1 aromatic rings. The first-order chi connectivity index (χ1) is 10.0. The number of carboxylic acid groups (broad SMARTS) is 1. The van der Waals surface area contributed by atoms with Crippen LogP contribution in [-0.4, -0.2) is 28.9 Å². The summed E-state index contributed by atoms with van der Waals surface area (Å²) in [6.45, 7) is 2.56. The molecule has 4 heteroatoms. The predicted molar refractivity (Wildman–Crippen MR) is 80.7 cm³/mol. The summed E-state index contributed by atoms with van der Waals surface area (Å²) in [5.74, 6) is -1.77. The number of hydrogen-bond acceptors (Lipinski definition) is 2. The maximum Gasteiger partial charge on any atom is 0.307 e. The molecule has 2 atom stereocenters. The number of carbonyl (C=O) groups excluding carboxylic acids is 1. The van der Waals surface area contributed by atoms with Gasteiger partial charge in [-0.1, -0.05) is 37.1 Å². The van der Waals surface area contributed by atoms with E-state index in [0.29, 0.717) is 19.4 Å². The van der Waals surface area contributed by atoms with Gasteiger partial charge in [0.05, 0.1) is 11.8 Å². The van der Waals surface area contributed by atoms with Crippen molar-refractivity contribution in [1.29, 1.82) is 0 Å². The topological polar surface area (TPSA) is 57.6 Å². The van der Waals surface area contributed by atoms with Crippen LogP contribution in [-0.2, 0) is 16.1 Å². The number of benzene rings is 1. The second-order valence-electron chi connectivity index (χ2n) is 5.96. The molecule has 0 saturated heterocycles. The highest BCUT2D eigenvalue weighted by molar-refractivity contribution is 5.84. The van der Waals surface area contributed by atoms with Crippen LogP contribution in [0.2, 0.25) is 0 Å². The number of aliphatic carboxylic acids is 1. The van der Waals surface area contributed by atoms with Crippen LogP contribution in [0.25, 0.3) is 0 Å². The lowest BCUT2D eigenvalue weighted by molar-refractivity contribution is -0.152. The van der Waals surface area contributed by atoms with Gasteiger partial charge in [-0.15, -0.1) is 0 Å². The standard InChI is InChI=1S/C17H23NO3/c1-12-7-3-4-8-13(12)11-18(2)16(19)14-9-5-6-10-15(14)17(20)21/h3-4,7-8,14-15H,5-6,9-11H2,1-2H3,(H,20,21)/t14-,15+/m1/s1. The SMILES string of the molecule is Cc1ccccc1CN(C)C(=O)[C@@H]1CCCC[C@@H]1C(=O)O. The Morgan fingerprint density at radius 1 is 1.19 bits per heavy atom. The molecule has 1 saturated carbocycles. The average Bonchev–Trinajstić information content (AvgIpc) is 2.48. The number of amides is 1. The second-order valence-corrected chi connectivity index (χ2v) is 5.96. The van der Waals surface area contributed by atoms with Crippen LogP contribution in [0.15, 0.2) is 24.3 Å². The van der Waals surface area contributed by atoms with E-state index in [9.17, 15) is 14.7 Å². The quantitative estimate of drug-likeness (QED) is 0.927. The number of hydrogen-bond donors (Lipinski definition) is 1. The van der Waals surface area contributed by atoms with Gasteiger partial charge in [0.1, 0.15) is 0 Å². The fourth-order valence-electron chi connectivity index (χ4n) is 3.13. The van der Waals surface area contributed by atoms with Gasteiger partial charge in [-0.05, 0) is 30.9 Å². The second kappa shape index (κ2) is 6.74. The third kappa shape index (κ3) is 3.63. The fourth-order valence-corrected chi connectivity index (χ4v) is 3.13. The molecule has 4 nitrogen and oxygen atoms in total. The fraction of sp³-hybridized carbons (Fsp3) is 0.529. The van der Waals surface area contributed by atoms with Gasteiger partial charge < -0.3 is 10.0 Å². The van der Waals surface area contributed by atoms with E-state index in [1.54, 1.807) is 11.9 Å². The summed E-state index contributed by atoms with van der Waals surface area (Å²) < 4.78 is 0. The predicted octanol–water partition coefficient (Wildman–Crippen LogP) is 2.84. The third-order valence-corrected chi connectivity index (χ3v) is 4.45. The van der Waals surface area contributed by atoms with Gasteiger partial charge in [-0.25, -0.2) is 0 Å². The maximum atomic E-state index is 12.6. The van der Waals surface area contributed by atoms with Crippen LogP contribution < -0.4 is 0 Å². The molecule has 1 fully saturated rings. The first-order valence-corrected chi connectivity index (χ1v) is 7.53. The van der Waals surface area contributed by atoms with E-state index in [4.69, 9.17) is 0 Å². The monoisotopic (exact) mass is 289 g/mol. The number of rotatable bonds is 4. The lowest BCUT2D eigenvalue weighted by Gasteiger charge is -2.31. The molecule has 1 aromatic carbocycles. The summed E-state index contributed by atoms with van der Waals surface area (Å²) in [6, 6.07) is 7.96. The molecular formula is C17H23NO3. The summed E-state index contributed by atoms with van der Waals surface area (Å²) >= 11 is 0. The summed E-state index contributed by atoms with van der Waals surface area (Å²) in [7, 11) is 1.77. The summed E-state index contributed by atoms with van der Waals surface area (Å²) in [5.41, 5.74) is 2.26. The summed E-state index contributed by atoms with van der Waals surface area (Å²) in [4.78, 5) is 25.6. The highest BCUT2D eigenvalue weighted by Gasteiger charge is 2.37. The van der Waals surface area contributed by atoms with Gasteiger partial charge in [0, 0.05) is 13.6 Å². The molecule has 0 unspecified atom stereocenters. The molecule has 0 spiro atoms. The molecule has 21 heavy (non-hydrogen) atoms. The molecule has 0 bridgehead atoms. The molecule has 0 aliphatic heterocycles. The molecule has 0 heterocycles. The van der Waals surface area contributed by atoms with Gasteiger partial charge in [-0.3, -0.25) is 9.59 Å². The molecule has 2 rings (SSSR count). The molecule has 1 N–H and O–H groups in total. The lowest BCUT2D eigenvalue weighted by atomic mass is 9.78. The zero-order valence-corrected chi connectivity index (χ0v) is 12.7. The lowest BCUT2D eigenvalue weighted by Crippen LogP contribution is -2.40. The van der Waals surface area contributed by atoms with Crippen LogP contribution in [0.5, 0.6) is 0 Å². The highest BCUT2D eigenvalue weighted by atomic mass is 16.4. The Labute approximate surface area is 125 Å². The largest absolute Gasteiger partial charge is 0.481 e. The molecule has 0 radical (unpaired) electrons. The van der Waals surface area contributed by atoms with E-state index < -0.39 is 11.9 Å². The minimum Gasteiger partial charge on any atom is -0.481 e. The molecule has 1 amide bonds. The molecular weight excluding hydrogens is 266 g/mol. The van der Waals surface area contributed by atoms with E-state index in [1.807, 2.05) is 31.2 Å². The number of carbonyl (C=O) groups is 2. The van der Waals surface area contributed by atoms with Crippen molar-refractivity contribution < 1.29 is 14.7 Å². The minimum absolute atomic E-state index is 0.0367. The van der Waals surface area contributed by atoms with Gasteiger partial charge in [0.2, 0.25) is 5.91 Å². The van der Waals surface area contributed by atoms with Crippen molar-refractivity contribution in [3.63, 3.8) is 0 Å². The van der Waals surface area contributed by atoms with E-state index >= 15 is 0 Å². The first-order valence-electron chi connectivity index (χ1n) is 7.53. The van der Waals surface area contributed by atoms with E-state index in [2.05, 4.69) is 0 Å². The Morgan fingerprint density at radius 3 is 2.43 bits per heavy atom. The minimum atomic E-state index is -0.836. The summed E-state index contributed by atoms with van der Waals surface area (Å²) in [5, 5.41) is 9.30. The van der Waals surface area contributed by atoms with Gasteiger partial charge in [-0.2, -0.15) is 0 Å². The van der Waals surface area contributed by atoms with Crippen molar-refractivity contribution in [2.75, 3.05) is 7.05 Å². The van der Waals surface area contributed by atoms with E-state index in [0.717, 1.165) is 24.0 Å². The Bertz CT molecular complexity index is 527. The molecule has 1 aliphatic carbocycles. The third-order valence-electron chi connectivity index (χ3n) is 4.45. The summed E-state index contributed by atoms with van der Waals surface area (Å²) in [6.07, 6.45) is 3.15. The van der Waals surface area contributed by atoms with Crippen molar-refractivity contribution in [3.05, 3.63) is 35.4 Å². The zero-order chi connectivity index (χ0) is 15.4. The maximum absolute atomic E-state index is 12.6. The van der Waals surface area contributed by atoms with Crippen LogP contribution in [0.1, 0.15) is 36.8 Å². The Balaban J connectivity index is 2.07. The van der Waals surface area contributed by atoms with Crippen molar-refractivity contribution in [2.45, 2.75) is 39.2 Å². The average molecular weight is 289 g/mol. The van der Waals surface area contributed by atoms with Crippen LogP contribution in [0.3, 0.4) is 0 Å². The normalized spacial score (nSPS) is 21.8. The van der Waals surface area contributed by atoms with E-state index in [-0.39, 0.29) is 11.8 Å². The Hall–Kier alpha value is -1.84. The Morgan fingerprint density at radius 2 is 1.81 bits per heavy atom. The van der Waals surface area contributed by atoms with Crippen LogP contribution in [0, 0.1) is 18.8 Å². The van der Waals surface area contributed by atoms with Crippen molar-refractivity contribution >= 4 is 11.9 Å². The van der Waals surface area contributed by atoms with Gasteiger partial charge in [0.25, 0.3) is 0 Å². The molecule has 1 aliphatic rings. The smallest absolute Gasteiger partial charge is 0.307 e. The van der Waals surface area contributed by atoms with E-state index in [1.165, 1.54) is 0 Å². The van der Waals surface area contributed by atoms with Crippen LogP contribution in [0.4, 0.5) is 0 Å². The number of carboxylic acids is 1. The van der Waals surface area contributed by atoms with Crippen molar-refractivity contribution in [3.8, 4) is 0 Å². The molecule has 114 valence electrons. The van der Waals surface area contributed by atoms with Crippen molar-refractivity contribution in [1.82, 2.24) is 4.90 Å². The zero-order valence-electron chi connectivity index (χ0n) is 12.7.